The van der Waals surface area contributed by atoms with E-state index < -0.39 is 5.97 Å². The summed E-state index contributed by atoms with van der Waals surface area (Å²) in [6.07, 6.45) is 0.698. The molecule has 0 N–H and O–H groups in total. The molecule has 2 aromatic rings. The van der Waals surface area contributed by atoms with Crippen LogP contribution in [0.25, 0.3) is 0 Å². The first-order chi connectivity index (χ1) is 13.0. The number of amides is 1. The van der Waals surface area contributed by atoms with Gasteiger partial charge >= 0.3 is 5.97 Å². The quantitative estimate of drug-likeness (QED) is 0.735. The molecule has 0 fully saturated rings. The highest BCUT2D eigenvalue weighted by Gasteiger charge is 2.23. The van der Waals surface area contributed by atoms with Crippen LogP contribution >= 0.6 is 11.6 Å². The molecule has 0 radical (unpaired) electrons. The Labute approximate surface area is 162 Å². The van der Waals surface area contributed by atoms with E-state index in [0.717, 1.165) is 11.1 Å². The zero-order valence-corrected chi connectivity index (χ0v) is 15.9. The summed E-state index contributed by atoms with van der Waals surface area (Å²) in [6, 6.07) is 10.2. The number of carbonyl (C=O) groups is 2. The van der Waals surface area contributed by atoms with Crippen molar-refractivity contribution >= 4 is 23.5 Å². The maximum atomic E-state index is 12.5. The maximum Gasteiger partial charge on any atom is 0.338 e. The van der Waals surface area contributed by atoms with Gasteiger partial charge in [-0.05, 0) is 47.9 Å². The van der Waals surface area contributed by atoms with Gasteiger partial charge < -0.3 is 19.1 Å². The molecular formula is C20H20ClNO5. The van der Waals surface area contributed by atoms with Gasteiger partial charge in [-0.15, -0.1) is 0 Å². The first-order valence-electron chi connectivity index (χ1n) is 8.46. The minimum atomic E-state index is -0.574. The molecule has 3 rings (SSSR count). The molecule has 2 aromatic carbocycles. The normalized spacial score (nSPS) is 12.9. The number of nitrogens with zero attached hydrogens (tertiary/aromatic N) is 1. The third-order valence-corrected chi connectivity index (χ3v) is 4.69. The van der Waals surface area contributed by atoms with Crippen molar-refractivity contribution < 1.29 is 23.8 Å². The highest BCUT2D eigenvalue weighted by atomic mass is 35.5. The van der Waals surface area contributed by atoms with Crippen molar-refractivity contribution in [1.82, 2.24) is 4.90 Å². The van der Waals surface area contributed by atoms with Gasteiger partial charge in [0.1, 0.15) is 0 Å². The lowest BCUT2D eigenvalue weighted by atomic mass is 9.99. The number of hydrogen-bond donors (Lipinski definition) is 0. The molecule has 27 heavy (non-hydrogen) atoms. The zero-order valence-electron chi connectivity index (χ0n) is 15.2. The number of ether oxygens (including phenoxy) is 3. The number of hydrogen-bond acceptors (Lipinski definition) is 5. The molecule has 0 atom stereocenters. The Morgan fingerprint density at radius 1 is 1.07 bits per heavy atom. The highest BCUT2D eigenvalue weighted by molar-refractivity contribution is 6.30. The van der Waals surface area contributed by atoms with Crippen molar-refractivity contribution in [3.8, 4) is 11.5 Å². The summed E-state index contributed by atoms with van der Waals surface area (Å²) >= 11 is 5.87. The van der Waals surface area contributed by atoms with Gasteiger partial charge in [0.2, 0.25) is 0 Å². The Morgan fingerprint density at radius 2 is 1.78 bits per heavy atom. The van der Waals surface area contributed by atoms with Crippen LogP contribution in [0.4, 0.5) is 0 Å². The van der Waals surface area contributed by atoms with E-state index in [2.05, 4.69) is 0 Å². The Hall–Kier alpha value is -2.73. The maximum absolute atomic E-state index is 12.5. The minimum Gasteiger partial charge on any atom is -0.493 e. The van der Waals surface area contributed by atoms with E-state index in [0.29, 0.717) is 41.6 Å². The van der Waals surface area contributed by atoms with Crippen LogP contribution in [0.1, 0.15) is 21.5 Å². The standard InChI is InChI=1S/C20H20ClNO5/c1-25-17-9-13-6-7-22(11-15(13)10-18(17)26-2)19(23)12-27-20(24)14-4-3-5-16(21)8-14/h3-5,8-10H,6-7,11-12H2,1-2H3. The first kappa shape index (κ1) is 19.0. The lowest BCUT2D eigenvalue weighted by molar-refractivity contribution is -0.135. The predicted octanol–water partition coefficient (Wildman–Crippen LogP) is 3.10. The van der Waals surface area contributed by atoms with Gasteiger partial charge in [0, 0.05) is 18.1 Å². The number of esters is 1. The van der Waals surface area contributed by atoms with E-state index in [-0.39, 0.29) is 12.5 Å². The van der Waals surface area contributed by atoms with Crippen LogP contribution in [0.5, 0.6) is 11.5 Å². The summed E-state index contributed by atoms with van der Waals surface area (Å²) in [5.41, 5.74) is 2.43. The van der Waals surface area contributed by atoms with Gasteiger partial charge in [0.05, 0.1) is 19.8 Å². The Kier molecular flexibility index (Phi) is 5.86. The van der Waals surface area contributed by atoms with Gasteiger partial charge in [-0.2, -0.15) is 0 Å². The van der Waals surface area contributed by atoms with E-state index in [4.69, 9.17) is 25.8 Å². The molecule has 0 spiro atoms. The van der Waals surface area contributed by atoms with Crippen molar-refractivity contribution in [1.29, 1.82) is 0 Å². The summed E-state index contributed by atoms with van der Waals surface area (Å²) in [7, 11) is 3.17. The van der Waals surface area contributed by atoms with E-state index >= 15 is 0 Å². The van der Waals surface area contributed by atoms with Gasteiger partial charge in [0.25, 0.3) is 5.91 Å². The van der Waals surface area contributed by atoms with Crippen LogP contribution in [-0.2, 0) is 22.5 Å². The Bertz CT molecular complexity index is 867. The van der Waals surface area contributed by atoms with Crippen LogP contribution in [0.2, 0.25) is 5.02 Å². The average Bonchev–Trinajstić information content (AvgIpc) is 2.70. The summed E-state index contributed by atoms with van der Waals surface area (Å²) in [6.45, 7) is 0.674. The van der Waals surface area contributed by atoms with Crippen molar-refractivity contribution in [2.45, 2.75) is 13.0 Å². The second-order valence-corrected chi connectivity index (χ2v) is 6.56. The van der Waals surface area contributed by atoms with Crippen LogP contribution in [0.15, 0.2) is 36.4 Å². The molecule has 0 aliphatic carbocycles. The Balaban J connectivity index is 1.63. The Morgan fingerprint density at radius 3 is 2.44 bits per heavy atom. The fourth-order valence-corrected chi connectivity index (χ4v) is 3.20. The molecule has 1 amide bonds. The average molecular weight is 390 g/mol. The first-order valence-corrected chi connectivity index (χ1v) is 8.84. The lowest BCUT2D eigenvalue weighted by Crippen LogP contribution is -2.38. The number of methoxy groups -OCH3 is 2. The second-order valence-electron chi connectivity index (χ2n) is 6.13. The molecule has 1 aliphatic rings. The summed E-state index contributed by atoms with van der Waals surface area (Å²) in [5.74, 6) is 0.477. The third-order valence-electron chi connectivity index (χ3n) is 4.46. The molecule has 0 saturated heterocycles. The third kappa shape index (κ3) is 4.34. The summed E-state index contributed by atoms with van der Waals surface area (Å²) in [5, 5.41) is 0.438. The van der Waals surface area contributed by atoms with E-state index in [1.165, 1.54) is 6.07 Å². The SMILES string of the molecule is COc1cc2c(cc1OC)CN(C(=O)COC(=O)c1cccc(Cl)c1)CC2. The summed E-state index contributed by atoms with van der Waals surface area (Å²) in [4.78, 5) is 26.2. The minimum absolute atomic E-state index is 0.245. The van der Waals surface area contributed by atoms with Gasteiger partial charge in [-0.25, -0.2) is 4.79 Å². The predicted molar refractivity (Wildman–Crippen MR) is 100 cm³/mol. The summed E-state index contributed by atoms with van der Waals surface area (Å²) < 4.78 is 15.8. The smallest absolute Gasteiger partial charge is 0.338 e. The van der Waals surface area contributed by atoms with Gasteiger partial charge in [-0.1, -0.05) is 17.7 Å². The van der Waals surface area contributed by atoms with E-state index in [9.17, 15) is 9.59 Å². The molecule has 1 heterocycles. The molecule has 1 aliphatic heterocycles. The molecular weight excluding hydrogens is 370 g/mol. The monoisotopic (exact) mass is 389 g/mol. The van der Waals surface area contributed by atoms with E-state index in [1.54, 1.807) is 37.3 Å². The van der Waals surface area contributed by atoms with Crippen molar-refractivity contribution in [2.24, 2.45) is 0 Å². The number of halogens is 1. The lowest BCUT2D eigenvalue weighted by Gasteiger charge is -2.29. The largest absolute Gasteiger partial charge is 0.493 e. The van der Waals surface area contributed by atoms with Crippen molar-refractivity contribution in [3.05, 3.63) is 58.1 Å². The fourth-order valence-electron chi connectivity index (χ4n) is 3.01. The van der Waals surface area contributed by atoms with Crippen LogP contribution in [0, 0.1) is 0 Å². The van der Waals surface area contributed by atoms with Crippen LogP contribution < -0.4 is 9.47 Å². The molecule has 0 aromatic heterocycles. The van der Waals surface area contributed by atoms with Crippen LogP contribution in [-0.4, -0.2) is 44.1 Å². The highest BCUT2D eigenvalue weighted by Crippen LogP contribution is 2.33. The second kappa shape index (κ2) is 8.31. The van der Waals surface area contributed by atoms with Gasteiger partial charge in [0.15, 0.2) is 18.1 Å². The number of rotatable bonds is 5. The number of fused-ring (bicyclic) bond motifs is 1. The van der Waals surface area contributed by atoms with Crippen LogP contribution in [0.3, 0.4) is 0 Å². The zero-order chi connectivity index (χ0) is 19.4. The fraction of sp³-hybridized carbons (Fsp3) is 0.300. The number of benzene rings is 2. The topological polar surface area (TPSA) is 65.1 Å². The molecule has 0 bridgehead atoms. The van der Waals surface area contributed by atoms with Gasteiger partial charge in [-0.3, -0.25) is 4.79 Å². The molecule has 142 valence electrons. The molecule has 0 saturated carbocycles. The molecule has 6 nitrogen and oxygen atoms in total. The molecule has 0 unspecified atom stereocenters. The van der Waals surface area contributed by atoms with Crippen molar-refractivity contribution in [2.75, 3.05) is 27.4 Å². The van der Waals surface area contributed by atoms with Crippen molar-refractivity contribution in [3.63, 3.8) is 0 Å². The number of carbonyl (C=O) groups excluding carboxylic acids is 2. The van der Waals surface area contributed by atoms with E-state index in [1.807, 2.05) is 12.1 Å². The molecule has 7 heteroatoms.